The van der Waals surface area contributed by atoms with Crippen molar-refractivity contribution in [3.63, 3.8) is 0 Å². The first-order valence-corrected chi connectivity index (χ1v) is 7.40. The van der Waals surface area contributed by atoms with E-state index in [4.69, 9.17) is 4.74 Å². The summed E-state index contributed by atoms with van der Waals surface area (Å²) < 4.78 is 5.55. The Morgan fingerprint density at radius 2 is 1.90 bits per heavy atom. The van der Waals surface area contributed by atoms with Gasteiger partial charge in [-0.1, -0.05) is 26.0 Å². The van der Waals surface area contributed by atoms with Crippen molar-refractivity contribution in [3.05, 3.63) is 29.8 Å². The molecule has 0 aromatic heterocycles. The predicted molar refractivity (Wildman–Crippen MR) is 81.9 cm³/mol. The molecule has 1 aromatic rings. The molecule has 0 spiro atoms. The topological polar surface area (TPSA) is 50.4 Å². The smallest absolute Gasteiger partial charge is 0.233 e. The normalized spacial score (nSPS) is 11.9. The standard InChI is InChI=1S/C16H26N2O2/c1-4-10-17-16(19)12-18-13(3)14-6-8-15(9-7-14)20-11-5-2/h6-9,13,18H,4-5,10-12H2,1-3H3,(H,17,19). The van der Waals surface area contributed by atoms with E-state index in [0.717, 1.165) is 37.3 Å². The van der Waals surface area contributed by atoms with E-state index in [1.807, 2.05) is 31.2 Å². The van der Waals surface area contributed by atoms with Gasteiger partial charge in [0.25, 0.3) is 0 Å². The largest absolute Gasteiger partial charge is 0.494 e. The summed E-state index contributed by atoms with van der Waals surface area (Å²) in [5, 5.41) is 6.07. The van der Waals surface area contributed by atoms with Crippen molar-refractivity contribution in [2.45, 2.75) is 39.7 Å². The average molecular weight is 278 g/mol. The number of amides is 1. The second-order valence-electron chi connectivity index (χ2n) is 4.87. The zero-order chi connectivity index (χ0) is 14.8. The third-order valence-electron chi connectivity index (χ3n) is 2.99. The molecule has 2 N–H and O–H groups in total. The summed E-state index contributed by atoms with van der Waals surface area (Å²) >= 11 is 0. The lowest BCUT2D eigenvalue weighted by atomic mass is 10.1. The van der Waals surface area contributed by atoms with Crippen LogP contribution in [0.3, 0.4) is 0 Å². The van der Waals surface area contributed by atoms with Gasteiger partial charge in [-0.2, -0.15) is 0 Å². The molecule has 112 valence electrons. The van der Waals surface area contributed by atoms with E-state index >= 15 is 0 Å². The molecule has 4 heteroatoms. The first-order valence-electron chi connectivity index (χ1n) is 7.40. The summed E-state index contributed by atoms with van der Waals surface area (Å²) in [6, 6.07) is 8.16. The van der Waals surface area contributed by atoms with Gasteiger partial charge in [-0.25, -0.2) is 0 Å². The van der Waals surface area contributed by atoms with Crippen LogP contribution in [0.4, 0.5) is 0 Å². The molecule has 0 aliphatic heterocycles. The highest BCUT2D eigenvalue weighted by atomic mass is 16.5. The third kappa shape index (κ3) is 6.06. The Morgan fingerprint density at radius 3 is 2.50 bits per heavy atom. The maximum absolute atomic E-state index is 11.5. The highest BCUT2D eigenvalue weighted by Gasteiger charge is 2.07. The van der Waals surface area contributed by atoms with Crippen LogP contribution in [0.5, 0.6) is 5.75 Å². The molecule has 0 fully saturated rings. The first-order chi connectivity index (χ1) is 9.67. The van der Waals surface area contributed by atoms with Crippen molar-refractivity contribution in [2.75, 3.05) is 19.7 Å². The minimum Gasteiger partial charge on any atom is -0.494 e. The molecule has 0 saturated heterocycles. The molecule has 0 aliphatic rings. The summed E-state index contributed by atoms with van der Waals surface area (Å²) in [6.07, 6.45) is 1.97. The predicted octanol–water partition coefficient (Wildman–Crippen LogP) is 2.65. The number of ether oxygens (including phenoxy) is 1. The van der Waals surface area contributed by atoms with Crippen LogP contribution in [0.25, 0.3) is 0 Å². The zero-order valence-corrected chi connectivity index (χ0v) is 12.7. The van der Waals surface area contributed by atoms with Crippen molar-refractivity contribution in [3.8, 4) is 5.75 Å². The highest BCUT2D eigenvalue weighted by molar-refractivity contribution is 5.77. The molecule has 1 amide bonds. The number of hydrogen-bond acceptors (Lipinski definition) is 3. The number of carbonyl (C=O) groups is 1. The molecule has 0 aliphatic carbocycles. The summed E-state index contributed by atoms with van der Waals surface area (Å²) in [6.45, 7) is 8.00. The molecule has 0 radical (unpaired) electrons. The molecule has 1 aromatic carbocycles. The summed E-state index contributed by atoms with van der Waals surface area (Å²) in [5.41, 5.74) is 1.15. The number of rotatable bonds is 9. The maximum Gasteiger partial charge on any atom is 0.233 e. The zero-order valence-electron chi connectivity index (χ0n) is 12.7. The van der Waals surface area contributed by atoms with Crippen LogP contribution >= 0.6 is 0 Å². The molecule has 20 heavy (non-hydrogen) atoms. The quantitative estimate of drug-likeness (QED) is 0.730. The lowest BCUT2D eigenvalue weighted by molar-refractivity contribution is -0.120. The molecule has 0 heterocycles. The van der Waals surface area contributed by atoms with Gasteiger partial charge in [-0.05, 0) is 37.5 Å². The number of nitrogens with one attached hydrogen (secondary N) is 2. The van der Waals surface area contributed by atoms with Crippen molar-refractivity contribution in [1.29, 1.82) is 0 Å². The fourth-order valence-electron chi connectivity index (χ4n) is 1.76. The minimum absolute atomic E-state index is 0.0431. The Kier molecular flexibility index (Phi) is 7.73. The second kappa shape index (κ2) is 9.37. The van der Waals surface area contributed by atoms with E-state index in [0.29, 0.717) is 6.54 Å². The van der Waals surface area contributed by atoms with E-state index in [1.54, 1.807) is 0 Å². The monoisotopic (exact) mass is 278 g/mol. The van der Waals surface area contributed by atoms with Gasteiger partial charge in [-0.3, -0.25) is 4.79 Å². The molecule has 1 unspecified atom stereocenters. The Labute approximate surface area is 121 Å². The van der Waals surface area contributed by atoms with E-state index in [9.17, 15) is 4.79 Å². The van der Waals surface area contributed by atoms with Crippen LogP contribution in [0.2, 0.25) is 0 Å². The fourth-order valence-corrected chi connectivity index (χ4v) is 1.76. The Balaban J connectivity index is 2.39. The molecule has 1 rings (SSSR count). The Bertz CT molecular complexity index is 390. The van der Waals surface area contributed by atoms with Crippen molar-refractivity contribution < 1.29 is 9.53 Å². The minimum atomic E-state index is 0.0431. The van der Waals surface area contributed by atoms with Gasteiger partial charge >= 0.3 is 0 Å². The summed E-state index contributed by atoms with van der Waals surface area (Å²) in [7, 11) is 0. The second-order valence-corrected chi connectivity index (χ2v) is 4.87. The van der Waals surface area contributed by atoms with Crippen LogP contribution in [0.1, 0.15) is 45.2 Å². The van der Waals surface area contributed by atoms with Gasteiger partial charge in [0.1, 0.15) is 5.75 Å². The van der Waals surface area contributed by atoms with Gasteiger partial charge in [0, 0.05) is 12.6 Å². The average Bonchev–Trinajstić information content (AvgIpc) is 2.49. The van der Waals surface area contributed by atoms with Gasteiger partial charge in [0.2, 0.25) is 5.91 Å². The van der Waals surface area contributed by atoms with E-state index in [2.05, 4.69) is 24.5 Å². The van der Waals surface area contributed by atoms with E-state index < -0.39 is 0 Å². The van der Waals surface area contributed by atoms with Gasteiger partial charge in [0.15, 0.2) is 0 Å². The van der Waals surface area contributed by atoms with Gasteiger partial charge in [-0.15, -0.1) is 0 Å². The van der Waals surface area contributed by atoms with Gasteiger partial charge in [0.05, 0.1) is 13.2 Å². The van der Waals surface area contributed by atoms with Crippen LogP contribution in [0.15, 0.2) is 24.3 Å². The van der Waals surface area contributed by atoms with Crippen LogP contribution in [-0.2, 0) is 4.79 Å². The number of benzene rings is 1. The Morgan fingerprint density at radius 1 is 1.20 bits per heavy atom. The number of hydrogen-bond donors (Lipinski definition) is 2. The van der Waals surface area contributed by atoms with Crippen LogP contribution < -0.4 is 15.4 Å². The van der Waals surface area contributed by atoms with E-state index in [1.165, 1.54) is 0 Å². The van der Waals surface area contributed by atoms with Crippen molar-refractivity contribution in [2.24, 2.45) is 0 Å². The molecule has 0 saturated carbocycles. The Hall–Kier alpha value is -1.55. The third-order valence-corrected chi connectivity index (χ3v) is 2.99. The molecular formula is C16H26N2O2. The lowest BCUT2D eigenvalue weighted by Crippen LogP contribution is -2.35. The summed E-state index contributed by atoms with van der Waals surface area (Å²) in [4.78, 5) is 11.5. The molecular weight excluding hydrogens is 252 g/mol. The van der Waals surface area contributed by atoms with Crippen molar-refractivity contribution >= 4 is 5.91 Å². The van der Waals surface area contributed by atoms with Crippen molar-refractivity contribution in [1.82, 2.24) is 10.6 Å². The molecule has 0 bridgehead atoms. The SMILES string of the molecule is CCCNC(=O)CNC(C)c1ccc(OCCC)cc1. The lowest BCUT2D eigenvalue weighted by Gasteiger charge is -2.14. The fraction of sp³-hybridized carbons (Fsp3) is 0.562. The molecule has 1 atom stereocenters. The van der Waals surface area contributed by atoms with Gasteiger partial charge < -0.3 is 15.4 Å². The van der Waals surface area contributed by atoms with E-state index in [-0.39, 0.29) is 11.9 Å². The maximum atomic E-state index is 11.5. The van der Waals surface area contributed by atoms with Crippen LogP contribution in [-0.4, -0.2) is 25.6 Å². The highest BCUT2D eigenvalue weighted by Crippen LogP contribution is 2.17. The number of carbonyl (C=O) groups excluding carboxylic acids is 1. The van der Waals surface area contributed by atoms with Crippen LogP contribution in [0, 0.1) is 0 Å². The first kappa shape index (κ1) is 16.5. The summed E-state index contributed by atoms with van der Waals surface area (Å²) in [5.74, 6) is 0.935. The molecule has 4 nitrogen and oxygen atoms in total.